The van der Waals surface area contributed by atoms with Gasteiger partial charge in [0.05, 0.1) is 13.1 Å². The predicted molar refractivity (Wildman–Crippen MR) is 73.2 cm³/mol. The highest BCUT2D eigenvalue weighted by Gasteiger charge is 2.28. The molecule has 1 aliphatic heterocycles. The molecule has 9 nitrogen and oxygen atoms in total. The molecule has 0 atom stereocenters. The number of carboxylic acids is 1. The van der Waals surface area contributed by atoms with Crippen LogP contribution < -0.4 is 25.2 Å². The van der Waals surface area contributed by atoms with Gasteiger partial charge in [-0.05, 0) is 12.1 Å². The lowest BCUT2D eigenvalue weighted by atomic mass is 10.1. The Kier molecular flexibility index (Phi) is 4.60. The summed E-state index contributed by atoms with van der Waals surface area (Å²) in [5.74, 6) is -2.99. The molecule has 23 heavy (non-hydrogen) atoms. The number of imide groups is 2. The van der Waals surface area contributed by atoms with E-state index in [1.807, 2.05) is 10.6 Å². The van der Waals surface area contributed by atoms with E-state index in [1.165, 1.54) is 19.2 Å². The third-order valence-corrected chi connectivity index (χ3v) is 2.81. The van der Waals surface area contributed by atoms with Crippen LogP contribution in [0.4, 0.5) is 4.79 Å². The Labute approximate surface area is 129 Å². The molecular weight excluding hydrogens is 308 g/mol. The van der Waals surface area contributed by atoms with Gasteiger partial charge in [0, 0.05) is 5.56 Å². The summed E-state index contributed by atoms with van der Waals surface area (Å²) in [6.07, 6.45) is 1.16. The van der Waals surface area contributed by atoms with Crippen LogP contribution in [0.2, 0.25) is 0 Å². The van der Waals surface area contributed by atoms with E-state index in [4.69, 9.17) is 9.47 Å². The van der Waals surface area contributed by atoms with Crippen LogP contribution in [0.15, 0.2) is 23.8 Å². The summed E-state index contributed by atoms with van der Waals surface area (Å²) in [6.45, 7) is -0.743. The van der Waals surface area contributed by atoms with Crippen LogP contribution in [0, 0.1) is 0 Å². The number of urea groups is 1. The van der Waals surface area contributed by atoms with Crippen molar-refractivity contribution in [2.24, 2.45) is 0 Å². The highest BCUT2D eigenvalue weighted by molar-refractivity contribution is 6.31. The zero-order valence-electron chi connectivity index (χ0n) is 11.9. The zero-order chi connectivity index (χ0) is 17.0. The number of ether oxygens (including phenoxy) is 2. The molecule has 0 bridgehead atoms. The number of barbiturate groups is 1. The average molecular weight is 319 g/mol. The average Bonchev–Trinajstić information content (AvgIpc) is 2.48. The van der Waals surface area contributed by atoms with Crippen molar-refractivity contribution >= 4 is 29.9 Å². The van der Waals surface area contributed by atoms with E-state index >= 15 is 0 Å². The second-order valence-electron chi connectivity index (χ2n) is 4.33. The van der Waals surface area contributed by atoms with E-state index in [-0.39, 0.29) is 22.6 Å². The molecule has 1 aliphatic rings. The Morgan fingerprint density at radius 2 is 1.87 bits per heavy atom. The molecule has 2 rings (SSSR count). The van der Waals surface area contributed by atoms with Crippen molar-refractivity contribution in [3.8, 4) is 11.5 Å². The minimum atomic E-state index is -1.45. The van der Waals surface area contributed by atoms with Crippen LogP contribution in [-0.2, 0) is 14.4 Å². The fraction of sp³-hybridized carbons (Fsp3) is 0.143. The summed E-state index contributed by atoms with van der Waals surface area (Å²) in [5.41, 5.74) is -0.114. The fourth-order valence-electron chi connectivity index (χ4n) is 1.85. The molecular formula is C14H11N2O7-. The summed E-state index contributed by atoms with van der Waals surface area (Å²) in [4.78, 5) is 45.0. The van der Waals surface area contributed by atoms with E-state index < -0.39 is 30.4 Å². The van der Waals surface area contributed by atoms with Gasteiger partial charge >= 0.3 is 6.03 Å². The normalized spacial score (nSPS) is 14.0. The molecule has 1 heterocycles. The molecule has 0 aromatic heterocycles. The molecule has 0 saturated carbocycles. The van der Waals surface area contributed by atoms with Crippen molar-refractivity contribution in [2.45, 2.75) is 0 Å². The van der Waals surface area contributed by atoms with Crippen molar-refractivity contribution in [1.82, 2.24) is 10.6 Å². The topological polar surface area (TPSA) is 134 Å². The van der Waals surface area contributed by atoms with E-state index in [0.717, 1.165) is 6.08 Å². The number of carbonyl (C=O) groups is 4. The van der Waals surface area contributed by atoms with Crippen LogP contribution in [0.1, 0.15) is 5.56 Å². The second-order valence-corrected chi connectivity index (χ2v) is 4.33. The van der Waals surface area contributed by atoms with Gasteiger partial charge in [-0.15, -0.1) is 0 Å². The zero-order valence-corrected chi connectivity index (χ0v) is 11.9. The van der Waals surface area contributed by atoms with Crippen LogP contribution in [0.3, 0.4) is 0 Å². The standard InChI is InChI=1S/C14H12N2O7/c1-22-9-4-2-3-7(11(9)23-6-10(17)18)5-8-12(19)15-14(21)16-13(8)20/h2-5H,6H2,1H3,(H,17,18)(H2,15,16,19,20,21)/p-1. The Morgan fingerprint density at radius 1 is 1.22 bits per heavy atom. The lowest BCUT2D eigenvalue weighted by molar-refractivity contribution is -0.307. The van der Waals surface area contributed by atoms with Crippen molar-refractivity contribution in [3.63, 3.8) is 0 Å². The Bertz CT molecular complexity index is 702. The van der Waals surface area contributed by atoms with Crippen LogP contribution in [0.5, 0.6) is 11.5 Å². The number of rotatable bonds is 5. The van der Waals surface area contributed by atoms with Gasteiger partial charge < -0.3 is 19.4 Å². The Balaban J connectivity index is 2.44. The van der Waals surface area contributed by atoms with Crippen molar-refractivity contribution in [3.05, 3.63) is 29.3 Å². The number of hydrogen-bond acceptors (Lipinski definition) is 7. The van der Waals surface area contributed by atoms with E-state index in [0.29, 0.717) is 0 Å². The molecule has 0 spiro atoms. The molecule has 1 aromatic carbocycles. The third kappa shape index (κ3) is 3.64. The van der Waals surface area contributed by atoms with Crippen LogP contribution in [-0.4, -0.2) is 37.5 Å². The molecule has 0 radical (unpaired) electrons. The van der Waals surface area contributed by atoms with Crippen LogP contribution >= 0.6 is 0 Å². The van der Waals surface area contributed by atoms with Gasteiger partial charge in [0.15, 0.2) is 11.5 Å². The quantitative estimate of drug-likeness (QED) is 0.502. The number of benzene rings is 1. The maximum absolute atomic E-state index is 11.7. The summed E-state index contributed by atoms with van der Waals surface area (Å²) in [7, 11) is 1.34. The van der Waals surface area contributed by atoms with E-state index in [9.17, 15) is 24.3 Å². The summed E-state index contributed by atoms with van der Waals surface area (Å²) in [5, 5.41) is 14.4. The number of methoxy groups -OCH3 is 1. The molecule has 2 N–H and O–H groups in total. The number of amides is 4. The number of carbonyl (C=O) groups excluding carboxylic acids is 4. The minimum Gasteiger partial charge on any atom is -0.546 e. The monoisotopic (exact) mass is 319 g/mol. The number of para-hydroxylation sites is 1. The molecule has 1 fully saturated rings. The first-order valence-electron chi connectivity index (χ1n) is 6.30. The van der Waals surface area contributed by atoms with E-state index in [1.54, 1.807) is 6.07 Å². The van der Waals surface area contributed by atoms with Gasteiger partial charge in [0.1, 0.15) is 12.2 Å². The third-order valence-electron chi connectivity index (χ3n) is 2.81. The van der Waals surface area contributed by atoms with Gasteiger partial charge in [-0.2, -0.15) is 0 Å². The van der Waals surface area contributed by atoms with Gasteiger partial charge in [-0.25, -0.2) is 4.79 Å². The minimum absolute atomic E-state index is 0.0178. The van der Waals surface area contributed by atoms with Gasteiger partial charge in [-0.3, -0.25) is 20.2 Å². The summed E-state index contributed by atoms with van der Waals surface area (Å²) in [6, 6.07) is 3.63. The van der Waals surface area contributed by atoms with Gasteiger partial charge in [0.25, 0.3) is 11.8 Å². The van der Waals surface area contributed by atoms with Crippen molar-refractivity contribution in [1.29, 1.82) is 0 Å². The predicted octanol–water partition coefficient (Wildman–Crippen LogP) is -1.43. The number of nitrogens with one attached hydrogen (secondary N) is 2. The number of carboxylic acid groups (broad SMARTS) is 1. The fourth-order valence-corrected chi connectivity index (χ4v) is 1.85. The summed E-state index contributed by atoms with van der Waals surface area (Å²) >= 11 is 0. The molecule has 0 aliphatic carbocycles. The molecule has 120 valence electrons. The molecule has 0 unspecified atom stereocenters. The Morgan fingerprint density at radius 3 is 2.43 bits per heavy atom. The first-order chi connectivity index (χ1) is 10.9. The molecule has 1 saturated heterocycles. The lowest BCUT2D eigenvalue weighted by Crippen LogP contribution is -2.51. The SMILES string of the molecule is COc1cccc(C=C2C(=O)NC(=O)NC2=O)c1OCC(=O)[O-]. The Hall–Kier alpha value is -3.36. The van der Waals surface area contributed by atoms with E-state index in [2.05, 4.69) is 0 Å². The first-order valence-corrected chi connectivity index (χ1v) is 6.30. The largest absolute Gasteiger partial charge is 0.546 e. The van der Waals surface area contributed by atoms with Crippen molar-refractivity contribution in [2.75, 3.05) is 13.7 Å². The molecule has 1 aromatic rings. The highest BCUT2D eigenvalue weighted by atomic mass is 16.5. The highest BCUT2D eigenvalue weighted by Crippen LogP contribution is 2.32. The number of aliphatic carboxylic acids is 1. The smallest absolute Gasteiger partial charge is 0.328 e. The lowest BCUT2D eigenvalue weighted by Gasteiger charge is -2.16. The van der Waals surface area contributed by atoms with Crippen molar-refractivity contribution < 1.29 is 33.8 Å². The summed E-state index contributed by atoms with van der Waals surface area (Å²) < 4.78 is 10.1. The maximum atomic E-state index is 11.7. The molecule has 4 amide bonds. The second kappa shape index (κ2) is 6.60. The van der Waals surface area contributed by atoms with Gasteiger partial charge in [0.2, 0.25) is 0 Å². The van der Waals surface area contributed by atoms with Crippen LogP contribution in [0.25, 0.3) is 6.08 Å². The first kappa shape index (κ1) is 16.0. The molecule has 9 heteroatoms. The maximum Gasteiger partial charge on any atom is 0.328 e. The number of hydrogen-bond donors (Lipinski definition) is 2. The van der Waals surface area contributed by atoms with Gasteiger partial charge in [-0.1, -0.05) is 12.1 Å².